The van der Waals surface area contributed by atoms with Crippen LogP contribution < -0.4 is 5.19 Å². The van der Waals surface area contributed by atoms with E-state index in [-0.39, 0.29) is 25.0 Å². The molecule has 0 aliphatic rings. The zero-order valence-electron chi connectivity index (χ0n) is 11.1. The quantitative estimate of drug-likeness (QED) is 0.571. The summed E-state index contributed by atoms with van der Waals surface area (Å²) in [5.41, 5.74) is 0. The lowest BCUT2D eigenvalue weighted by Crippen LogP contribution is -2.58. The second-order valence-electron chi connectivity index (χ2n) is 3.58. The minimum atomic E-state index is -3.55. The summed E-state index contributed by atoms with van der Waals surface area (Å²) >= 11 is 0. The van der Waals surface area contributed by atoms with Crippen molar-refractivity contribution < 1.29 is 26.4 Å². The molecule has 1 aromatic carbocycles. The summed E-state index contributed by atoms with van der Waals surface area (Å²) in [7, 11) is -3.55. The van der Waals surface area contributed by atoms with Crippen LogP contribution in [0.1, 0.15) is 20.8 Å². The van der Waals surface area contributed by atoms with Crippen molar-refractivity contribution in [1.82, 2.24) is 0 Å². The molecule has 0 aliphatic carbocycles. The van der Waals surface area contributed by atoms with Gasteiger partial charge >= 0.3 is 8.80 Å². The van der Waals surface area contributed by atoms with Crippen LogP contribution in [0.5, 0.6) is 0 Å². The van der Waals surface area contributed by atoms with E-state index < -0.39 is 26.3 Å². The van der Waals surface area contributed by atoms with E-state index in [0.29, 0.717) is 0 Å². The van der Waals surface area contributed by atoms with E-state index in [1.807, 2.05) is 0 Å². The van der Waals surface area contributed by atoms with Crippen LogP contribution in [0, 0.1) is 17.5 Å². The van der Waals surface area contributed by atoms with Gasteiger partial charge in [0.2, 0.25) is 0 Å². The van der Waals surface area contributed by atoms with Gasteiger partial charge in [-0.2, -0.15) is 0 Å². The third kappa shape index (κ3) is 3.36. The summed E-state index contributed by atoms with van der Waals surface area (Å²) in [6, 6.07) is 1.95. The number of halogens is 3. The van der Waals surface area contributed by atoms with Crippen molar-refractivity contribution in [2.24, 2.45) is 0 Å². The fraction of sp³-hybridized carbons (Fsp3) is 0.500. The fourth-order valence-electron chi connectivity index (χ4n) is 1.69. The van der Waals surface area contributed by atoms with Gasteiger partial charge in [-0.15, -0.1) is 0 Å². The maximum atomic E-state index is 13.9. The van der Waals surface area contributed by atoms with Gasteiger partial charge < -0.3 is 13.3 Å². The number of hydrogen-bond donors (Lipinski definition) is 0. The molecule has 19 heavy (non-hydrogen) atoms. The Morgan fingerprint density at radius 1 is 0.842 bits per heavy atom. The monoisotopic (exact) mass is 294 g/mol. The lowest BCUT2D eigenvalue weighted by atomic mass is 10.3. The molecule has 0 saturated carbocycles. The Balaban J connectivity index is 3.34. The van der Waals surface area contributed by atoms with Gasteiger partial charge in [-0.05, 0) is 32.9 Å². The number of hydrogen-bond acceptors (Lipinski definition) is 3. The van der Waals surface area contributed by atoms with Crippen molar-refractivity contribution in [3.8, 4) is 0 Å². The van der Waals surface area contributed by atoms with Crippen LogP contribution in [0.25, 0.3) is 0 Å². The molecular formula is C12H17F3O3Si. The molecule has 0 aliphatic heterocycles. The van der Waals surface area contributed by atoms with Crippen LogP contribution in [0.2, 0.25) is 0 Å². The summed E-state index contributed by atoms with van der Waals surface area (Å²) in [4.78, 5) is 0. The van der Waals surface area contributed by atoms with Gasteiger partial charge in [0.25, 0.3) is 0 Å². The molecule has 0 amide bonds. The summed E-state index contributed by atoms with van der Waals surface area (Å²) in [5, 5.41) is -0.183. The van der Waals surface area contributed by atoms with Crippen LogP contribution in [-0.4, -0.2) is 28.6 Å². The third-order valence-corrected chi connectivity index (χ3v) is 5.42. The zero-order valence-corrected chi connectivity index (χ0v) is 12.1. The summed E-state index contributed by atoms with van der Waals surface area (Å²) in [5.74, 6) is -4.12. The van der Waals surface area contributed by atoms with Crippen LogP contribution >= 0.6 is 0 Å². The molecule has 1 aromatic rings. The molecule has 0 atom stereocenters. The first-order valence-electron chi connectivity index (χ1n) is 6.08. The van der Waals surface area contributed by atoms with E-state index in [4.69, 9.17) is 13.3 Å². The summed E-state index contributed by atoms with van der Waals surface area (Å²) in [6.07, 6.45) is 0. The minimum absolute atomic E-state index is 0.183. The maximum absolute atomic E-state index is 13.9. The normalized spacial score (nSPS) is 11.9. The van der Waals surface area contributed by atoms with Crippen LogP contribution in [0.3, 0.4) is 0 Å². The molecule has 0 radical (unpaired) electrons. The molecule has 7 heteroatoms. The molecule has 1 rings (SSSR count). The third-order valence-electron chi connectivity index (χ3n) is 2.37. The topological polar surface area (TPSA) is 27.7 Å². The summed E-state index contributed by atoms with van der Waals surface area (Å²) in [6.45, 7) is 5.71. The zero-order chi connectivity index (χ0) is 14.5. The predicted octanol–water partition coefficient (Wildman–Crippen LogP) is 2.36. The van der Waals surface area contributed by atoms with E-state index in [2.05, 4.69) is 0 Å². The number of benzene rings is 1. The molecule has 0 heterocycles. The highest BCUT2D eigenvalue weighted by Gasteiger charge is 2.46. The highest BCUT2D eigenvalue weighted by atomic mass is 28.4. The molecule has 0 unspecified atom stereocenters. The Kier molecular flexibility index (Phi) is 5.99. The van der Waals surface area contributed by atoms with E-state index in [1.165, 1.54) is 0 Å². The van der Waals surface area contributed by atoms with E-state index >= 15 is 0 Å². The van der Waals surface area contributed by atoms with Gasteiger partial charge in [0.05, 0.1) is 5.19 Å². The maximum Gasteiger partial charge on any atom is 0.540 e. The Morgan fingerprint density at radius 2 is 1.32 bits per heavy atom. The molecule has 0 bridgehead atoms. The van der Waals surface area contributed by atoms with Gasteiger partial charge in [0, 0.05) is 19.8 Å². The Labute approximate surface area is 111 Å². The van der Waals surface area contributed by atoms with Gasteiger partial charge in [-0.3, -0.25) is 0 Å². The predicted molar refractivity (Wildman–Crippen MR) is 66.6 cm³/mol. The molecular weight excluding hydrogens is 277 g/mol. The molecule has 0 N–H and O–H groups in total. The Hall–Kier alpha value is -0.893. The van der Waals surface area contributed by atoms with Crippen LogP contribution in [-0.2, 0) is 13.3 Å². The fourth-order valence-corrected chi connectivity index (χ4v) is 4.21. The second kappa shape index (κ2) is 7.04. The van der Waals surface area contributed by atoms with Crippen molar-refractivity contribution in [2.75, 3.05) is 19.8 Å². The first-order valence-corrected chi connectivity index (χ1v) is 7.80. The van der Waals surface area contributed by atoms with E-state index in [1.54, 1.807) is 20.8 Å². The number of rotatable bonds is 7. The van der Waals surface area contributed by atoms with E-state index in [9.17, 15) is 13.2 Å². The molecule has 108 valence electrons. The largest absolute Gasteiger partial charge is 0.540 e. The van der Waals surface area contributed by atoms with Crippen molar-refractivity contribution in [3.05, 3.63) is 29.6 Å². The second-order valence-corrected chi connectivity index (χ2v) is 6.10. The standard InChI is InChI=1S/C12H17F3O3Si/c1-4-16-19(17-5-2,18-6-3)10-8-7-9(13)11(14)12(10)15/h7-8H,4-6H2,1-3H3. The van der Waals surface area contributed by atoms with Crippen LogP contribution in [0.4, 0.5) is 13.2 Å². The van der Waals surface area contributed by atoms with Gasteiger partial charge in [-0.25, -0.2) is 13.2 Å². The minimum Gasteiger partial charge on any atom is -0.370 e. The van der Waals surface area contributed by atoms with Crippen molar-refractivity contribution in [3.63, 3.8) is 0 Å². The first kappa shape index (κ1) is 16.2. The Bertz CT molecular complexity index is 412. The van der Waals surface area contributed by atoms with Gasteiger partial charge in [0.15, 0.2) is 17.5 Å². The smallest absolute Gasteiger partial charge is 0.370 e. The molecule has 3 nitrogen and oxygen atoms in total. The highest BCUT2D eigenvalue weighted by Crippen LogP contribution is 2.16. The average Bonchev–Trinajstić information content (AvgIpc) is 2.37. The SMILES string of the molecule is CCO[Si](OCC)(OCC)c1ccc(F)c(F)c1F. The molecule has 0 spiro atoms. The van der Waals surface area contributed by atoms with Crippen molar-refractivity contribution >= 4 is 14.0 Å². The Morgan fingerprint density at radius 3 is 1.74 bits per heavy atom. The van der Waals surface area contributed by atoms with Crippen molar-refractivity contribution in [2.45, 2.75) is 20.8 Å². The van der Waals surface area contributed by atoms with Crippen molar-refractivity contribution in [1.29, 1.82) is 0 Å². The summed E-state index contributed by atoms with van der Waals surface area (Å²) < 4.78 is 56.6. The lowest BCUT2D eigenvalue weighted by Gasteiger charge is -2.28. The van der Waals surface area contributed by atoms with Gasteiger partial charge in [-0.1, -0.05) is 0 Å². The molecule has 0 fully saturated rings. The molecule has 0 saturated heterocycles. The van der Waals surface area contributed by atoms with Crippen LogP contribution in [0.15, 0.2) is 12.1 Å². The van der Waals surface area contributed by atoms with E-state index in [0.717, 1.165) is 12.1 Å². The highest BCUT2D eigenvalue weighted by molar-refractivity contribution is 6.75. The molecule has 0 aromatic heterocycles. The average molecular weight is 294 g/mol. The lowest BCUT2D eigenvalue weighted by molar-refractivity contribution is 0.0849. The van der Waals surface area contributed by atoms with Gasteiger partial charge in [0.1, 0.15) is 0 Å². The first-order chi connectivity index (χ1) is 9.02.